The van der Waals surface area contributed by atoms with Crippen LogP contribution in [-0.2, 0) is 0 Å². The monoisotopic (exact) mass is 258 g/mol. The summed E-state index contributed by atoms with van der Waals surface area (Å²) >= 11 is 0. The Bertz CT molecular complexity index is 984. The smallest absolute Gasteiger partial charge is 0.0874 e. The average Bonchev–Trinajstić information content (AvgIpc) is 2.48. The lowest BCUT2D eigenvalue weighted by molar-refractivity contribution is 1.16. The Morgan fingerprint density at radius 3 is 0.950 bits per heavy atom. The molecule has 2 aliphatic carbocycles. The molecular weight excluding hydrogens is 248 g/mol. The summed E-state index contributed by atoms with van der Waals surface area (Å²) in [7, 11) is 0. The molecule has 0 atom stereocenters. The topological polar surface area (TPSA) is 95.4 Å². The SMILES string of the molecule is N=c1c(=N)c2cccc3c2-c2c1cccc2c(=N)c3=N. The fourth-order valence-corrected chi connectivity index (χ4v) is 3.02. The molecule has 0 spiro atoms. The van der Waals surface area contributed by atoms with Gasteiger partial charge in [0.25, 0.3) is 0 Å². The number of benzene rings is 4. The third kappa shape index (κ3) is 1.07. The number of rotatable bonds is 0. The number of hydrogen-bond donors (Lipinski definition) is 4. The van der Waals surface area contributed by atoms with Crippen molar-refractivity contribution in [3.8, 4) is 11.1 Å². The predicted octanol–water partition coefficient (Wildman–Crippen LogP) is 1.33. The van der Waals surface area contributed by atoms with Gasteiger partial charge in [0.2, 0.25) is 0 Å². The van der Waals surface area contributed by atoms with Crippen molar-refractivity contribution in [1.82, 2.24) is 0 Å². The highest BCUT2D eigenvalue weighted by Crippen LogP contribution is 2.33. The Labute approximate surface area is 113 Å². The number of hydrogen-bond acceptors (Lipinski definition) is 4. The van der Waals surface area contributed by atoms with Gasteiger partial charge in [-0.3, -0.25) is 21.6 Å². The average molecular weight is 258 g/mol. The van der Waals surface area contributed by atoms with Crippen LogP contribution < -0.4 is 21.4 Å². The quantitative estimate of drug-likeness (QED) is 0.342. The van der Waals surface area contributed by atoms with Crippen molar-refractivity contribution in [2.45, 2.75) is 0 Å². The van der Waals surface area contributed by atoms with E-state index >= 15 is 0 Å². The summed E-state index contributed by atoms with van der Waals surface area (Å²) in [6.07, 6.45) is 0. The van der Waals surface area contributed by atoms with E-state index in [2.05, 4.69) is 0 Å². The van der Waals surface area contributed by atoms with Gasteiger partial charge in [-0.1, -0.05) is 36.4 Å². The zero-order valence-electron chi connectivity index (χ0n) is 10.5. The first-order valence-corrected chi connectivity index (χ1v) is 6.24. The lowest BCUT2D eigenvalue weighted by Crippen LogP contribution is -2.31. The third-order valence-electron chi connectivity index (χ3n) is 3.96. The first kappa shape index (κ1) is 11.0. The predicted molar refractivity (Wildman–Crippen MR) is 75.1 cm³/mol. The Morgan fingerprint density at radius 2 is 0.700 bits per heavy atom. The summed E-state index contributed by atoms with van der Waals surface area (Å²) in [5, 5.41) is 36.2. The van der Waals surface area contributed by atoms with Gasteiger partial charge in [-0.15, -0.1) is 0 Å². The van der Waals surface area contributed by atoms with Crippen LogP contribution in [0.1, 0.15) is 0 Å². The fourth-order valence-electron chi connectivity index (χ4n) is 3.02. The van der Waals surface area contributed by atoms with Crippen LogP contribution in [0.2, 0.25) is 0 Å². The Morgan fingerprint density at radius 1 is 0.450 bits per heavy atom. The van der Waals surface area contributed by atoms with Gasteiger partial charge >= 0.3 is 0 Å². The Kier molecular flexibility index (Phi) is 1.85. The second-order valence-electron chi connectivity index (χ2n) is 4.96. The van der Waals surface area contributed by atoms with Crippen molar-refractivity contribution >= 4 is 21.5 Å². The molecule has 0 saturated carbocycles. The van der Waals surface area contributed by atoms with Crippen molar-refractivity contribution in [3.05, 3.63) is 57.8 Å². The van der Waals surface area contributed by atoms with E-state index in [9.17, 15) is 0 Å². The van der Waals surface area contributed by atoms with E-state index in [1.807, 2.05) is 24.3 Å². The maximum absolute atomic E-state index is 8.17. The zero-order valence-corrected chi connectivity index (χ0v) is 10.5. The largest absolute Gasteiger partial charge is 0.298 e. The summed E-state index contributed by atoms with van der Waals surface area (Å²) < 4.78 is 0. The molecule has 0 radical (unpaired) electrons. The molecule has 4 nitrogen and oxygen atoms in total. The lowest BCUT2D eigenvalue weighted by Gasteiger charge is -2.16. The molecule has 0 heterocycles. The molecule has 2 aromatic carbocycles. The van der Waals surface area contributed by atoms with Crippen molar-refractivity contribution in [2.75, 3.05) is 0 Å². The van der Waals surface area contributed by atoms with Crippen LogP contribution in [0.4, 0.5) is 0 Å². The minimum atomic E-state index is 0.188. The maximum atomic E-state index is 8.17. The van der Waals surface area contributed by atoms with Gasteiger partial charge in [-0.05, 0) is 0 Å². The van der Waals surface area contributed by atoms with Gasteiger partial charge < -0.3 is 0 Å². The standard InChI is InChI=1S/C16H10N4/c17-13-7-3-1-4-8-11(7)12-9(15(13)19)5-2-6-10(12)16(20)14(8)18/h1-6,17-20H. The fraction of sp³-hybridized carbons (Fsp3) is 0. The molecule has 4 rings (SSSR count). The van der Waals surface area contributed by atoms with Crippen LogP contribution in [0.25, 0.3) is 32.7 Å². The molecule has 2 aromatic rings. The number of nitrogens with one attached hydrogen (secondary N) is 4. The first-order chi connectivity index (χ1) is 9.61. The summed E-state index contributed by atoms with van der Waals surface area (Å²) in [4.78, 5) is 0. The van der Waals surface area contributed by atoms with Crippen molar-refractivity contribution < 1.29 is 0 Å². The molecule has 2 aliphatic rings. The molecule has 0 saturated heterocycles. The third-order valence-corrected chi connectivity index (χ3v) is 3.96. The molecule has 0 bridgehead atoms. The second kappa shape index (κ2) is 3.36. The lowest BCUT2D eigenvalue weighted by atomic mass is 9.86. The van der Waals surface area contributed by atoms with E-state index in [1.165, 1.54) is 0 Å². The second-order valence-corrected chi connectivity index (χ2v) is 4.96. The van der Waals surface area contributed by atoms with Crippen molar-refractivity contribution in [3.63, 3.8) is 0 Å². The van der Waals surface area contributed by atoms with Crippen molar-refractivity contribution in [1.29, 1.82) is 21.6 Å². The highest BCUT2D eigenvalue weighted by Gasteiger charge is 2.19. The molecule has 94 valence electrons. The van der Waals surface area contributed by atoms with Crippen LogP contribution in [0.3, 0.4) is 0 Å². The molecule has 4 N–H and O–H groups in total. The summed E-state index contributed by atoms with van der Waals surface area (Å²) in [5.74, 6) is 0. The molecule has 4 heteroatoms. The molecule has 20 heavy (non-hydrogen) atoms. The van der Waals surface area contributed by atoms with E-state index in [0.29, 0.717) is 21.5 Å². The highest BCUT2D eigenvalue weighted by molar-refractivity contribution is 6.10. The molecule has 0 amide bonds. The van der Waals surface area contributed by atoms with E-state index < -0.39 is 0 Å². The van der Waals surface area contributed by atoms with Gasteiger partial charge in [0, 0.05) is 32.7 Å². The van der Waals surface area contributed by atoms with Crippen molar-refractivity contribution in [2.24, 2.45) is 0 Å². The first-order valence-electron chi connectivity index (χ1n) is 6.24. The van der Waals surface area contributed by atoms with Crippen LogP contribution >= 0.6 is 0 Å². The van der Waals surface area contributed by atoms with Gasteiger partial charge in [0.05, 0.1) is 21.4 Å². The summed E-state index contributed by atoms with van der Waals surface area (Å²) in [5.41, 5.74) is 1.67. The normalized spacial score (nSPS) is 11.8. The minimum Gasteiger partial charge on any atom is -0.298 e. The van der Waals surface area contributed by atoms with Gasteiger partial charge in [0.15, 0.2) is 0 Å². The molecule has 0 unspecified atom stereocenters. The Balaban J connectivity index is 2.65. The maximum Gasteiger partial charge on any atom is 0.0874 e. The minimum absolute atomic E-state index is 0.188. The highest BCUT2D eigenvalue weighted by atomic mass is 14.5. The van der Waals surface area contributed by atoms with Crippen LogP contribution in [0, 0.1) is 21.6 Å². The van der Waals surface area contributed by atoms with Crippen LogP contribution in [0.5, 0.6) is 0 Å². The summed E-state index contributed by atoms with van der Waals surface area (Å²) in [6, 6.07) is 10.8. The molecule has 0 aliphatic heterocycles. The van der Waals surface area contributed by atoms with E-state index in [0.717, 1.165) is 11.1 Å². The van der Waals surface area contributed by atoms with Crippen LogP contribution in [0.15, 0.2) is 36.4 Å². The molecular formula is C16H10N4. The van der Waals surface area contributed by atoms with E-state index in [1.54, 1.807) is 12.1 Å². The van der Waals surface area contributed by atoms with E-state index in [4.69, 9.17) is 21.6 Å². The van der Waals surface area contributed by atoms with E-state index in [-0.39, 0.29) is 21.4 Å². The molecule has 0 fully saturated rings. The van der Waals surface area contributed by atoms with Gasteiger partial charge in [-0.25, -0.2) is 0 Å². The molecule has 0 aromatic heterocycles. The van der Waals surface area contributed by atoms with Gasteiger partial charge in [0.1, 0.15) is 0 Å². The Hall–Kier alpha value is -2.88. The van der Waals surface area contributed by atoms with Gasteiger partial charge in [-0.2, -0.15) is 0 Å². The summed E-state index contributed by atoms with van der Waals surface area (Å²) in [6.45, 7) is 0. The van der Waals surface area contributed by atoms with Crippen LogP contribution in [-0.4, -0.2) is 0 Å². The zero-order chi connectivity index (χ0) is 14.0.